The molecule has 0 bridgehead atoms. The first kappa shape index (κ1) is 14.5. The normalized spacial score (nSPS) is 10.2. The molecule has 2 aromatic rings. The second kappa shape index (κ2) is 6.04. The van der Waals surface area contributed by atoms with Crippen molar-refractivity contribution < 1.29 is 14.5 Å². The zero-order valence-electron chi connectivity index (χ0n) is 11.6. The van der Waals surface area contributed by atoms with Gasteiger partial charge in [0.25, 0.3) is 11.6 Å². The smallest absolute Gasteiger partial charge is 0.276 e. The average Bonchev–Trinajstić information content (AvgIpc) is 2.96. The lowest BCUT2D eigenvalue weighted by atomic mass is 10.2. The van der Waals surface area contributed by atoms with Gasteiger partial charge in [-0.05, 0) is 19.1 Å². The summed E-state index contributed by atoms with van der Waals surface area (Å²) in [6, 6.07) is 5.56. The number of ether oxygens (including phenoxy) is 1. The summed E-state index contributed by atoms with van der Waals surface area (Å²) in [6.07, 6.45) is 1.70. The molecule has 0 aliphatic rings. The van der Waals surface area contributed by atoms with Crippen LogP contribution in [0.3, 0.4) is 0 Å². The number of aryl methyl sites for hydroxylation is 1. The van der Waals surface area contributed by atoms with Crippen molar-refractivity contribution in [1.82, 2.24) is 9.78 Å². The Labute approximate surface area is 120 Å². The Hall–Kier alpha value is -2.90. The average molecular weight is 290 g/mol. The van der Waals surface area contributed by atoms with Crippen molar-refractivity contribution in [3.8, 4) is 5.75 Å². The van der Waals surface area contributed by atoms with E-state index in [0.717, 1.165) is 0 Å². The molecule has 110 valence electrons. The van der Waals surface area contributed by atoms with E-state index >= 15 is 0 Å². The molecule has 0 saturated carbocycles. The maximum Gasteiger partial charge on any atom is 0.276 e. The topological polar surface area (TPSA) is 99.3 Å². The first-order chi connectivity index (χ1) is 10.0. The van der Waals surface area contributed by atoms with E-state index < -0.39 is 10.8 Å². The Bertz CT molecular complexity index is 681. The van der Waals surface area contributed by atoms with Gasteiger partial charge in [0.1, 0.15) is 5.75 Å². The van der Waals surface area contributed by atoms with Crippen molar-refractivity contribution in [2.24, 2.45) is 0 Å². The maximum atomic E-state index is 12.1. The van der Waals surface area contributed by atoms with Gasteiger partial charge in [-0.25, -0.2) is 0 Å². The number of anilines is 1. The molecule has 0 aliphatic heterocycles. The quantitative estimate of drug-likeness (QED) is 0.671. The standard InChI is InChI=1S/C13H14N4O4/c1-3-16-7-6-11(15-16)13(18)14-10-5-4-9(17(19)20)8-12(10)21-2/h4-8H,3H2,1-2H3,(H,14,18). The van der Waals surface area contributed by atoms with E-state index in [1.54, 1.807) is 16.9 Å². The number of carbonyl (C=O) groups is 1. The largest absolute Gasteiger partial charge is 0.494 e. The van der Waals surface area contributed by atoms with Crippen LogP contribution in [0.2, 0.25) is 0 Å². The minimum atomic E-state index is -0.531. The third-order valence-corrected chi connectivity index (χ3v) is 2.84. The van der Waals surface area contributed by atoms with Crippen molar-refractivity contribution in [3.63, 3.8) is 0 Å². The number of hydrogen-bond donors (Lipinski definition) is 1. The predicted octanol–water partition coefficient (Wildman–Crippen LogP) is 2.07. The van der Waals surface area contributed by atoms with Gasteiger partial charge in [0, 0.05) is 18.8 Å². The molecule has 0 saturated heterocycles. The number of nitrogens with one attached hydrogen (secondary N) is 1. The molecule has 0 atom stereocenters. The van der Waals surface area contributed by atoms with Crippen molar-refractivity contribution in [1.29, 1.82) is 0 Å². The SMILES string of the molecule is CCn1ccc(C(=O)Nc2ccc([N+](=O)[O-])cc2OC)n1. The molecule has 8 heteroatoms. The summed E-state index contributed by atoms with van der Waals surface area (Å²) in [6.45, 7) is 2.57. The molecule has 1 amide bonds. The zero-order valence-corrected chi connectivity index (χ0v) is 11.6. The van der Waals surface area contributed by atoms with E-state index in [0.29, 0.717) is 12.2 Å². The van der Waals surface area contributed by atoms with Gasteiger partial charge in [-0.2, -0.15) is 5.10 Å². The molecular weight excluding hydrogens is 276 g/mol. The third-order valence-electron chi connectivity index (χ3n) is 2.84. The van der Waals surface area contributed by atoms with Gasteiger partial charge in [-0.1, -0.05) is 0 Å². The molecule has 1 aromatic heterocycles. The molecular formula is C13H14N4O4. The molecule has 0 unspecified atom stereocenters. The summed E-state index contributed by atoms with van der Waals surface area (Å²) in [7, 11) is 1.38. The highest BCUT2D eigenvalue weighted by Crippen LogP contribution is 2.29. The third kappa shape index (κ3) is 3.16. The summed E-state index contributed by atoms with van der Waals surface area (Å²) in [5.41, 5.74) is 0.497. The molecule has 0 aliphatic carbocycles. The number of rotatable bonds is 5. The van der Waals surface area contributed by atoms with E-state index in [4.69, 9.17) is 4.74 Å². The Morgan fingerprint density at radius 2 is 2.24 bits per heavy atom. The van der Waals surface area contributed by atoms with Gasteiger partial charge >= 0.3 is 0 Å². The van der Waals surface area contributed by atoms with Crippen LogP contribution >= 0.6 is 0 Å². The van der Waals surface area contributed by atoms with Gasteiger partial charge in [0.2, 0.25) is 0 Å². The number of hydrogen-bond acceptors (Lipinski definition) is 5. The lowest BCUT2D eigenvalue weighted by Gasteiger charge is -2.08. The molecule has 0 spiro atoms. The molecule has 0 radical (unpaired) electrons. The fourth-order valence-electron chi connectivity index (χ4n) is 1.74. The number of methoxy groups -OCH3 is 1. The molecule has 1 N–H and O–H groups in total. The van der Waals surface area contributed by atoms with Crippen molar-refractivity contribution in [2.45, 2.75) is 13.5 Å². The minimum absolute atomic E-state index is 0.111. The summed E-state index contributed by atoms with van der Waals surface area (Å²) in [5, 5.41) is 17.4. The maximum absolute atomic E-state index is 12.1. The lowest BCUT2D eigenvalue weighted by molar-refractivity contribution is -0.384. The highest BCUT2D eigenvalue weighted by Gasteiger charge is 2.15. The van der Waals surface area contributed by atoms with Gasteiger partial charge in [0.15, 0.2) is 5.69 Å². The van der Waals surface area contributed by atoms with Gasteiger partial charge < -0.3 is 10.1 Å². The summed E-state index contributed by atoms with van der Waals surface area (Å²) in [4.78, 5) is 22.2. The van der Waals surface area contributed by atoms with Crippen molar-refractivity contribution >= 4 is 17.3 Å². The number of nitro groups is 1. The number of benzene rings is 1. The van der Waals surface area contributed by atoms with Crippen LogP contribution < -0.4 is 10.1 Å². The summed E-state index contributed by atoms with van der Waals surface area (Å²) in [5.74, 6) is -0.193. The number of amides is 1. The number of carbonyl (C=O) groups excluding carboxylic acids is 1. The van der Waals surface area contributed by atoms with E-state index in [1.807, 2.05) is 6.92 Å². The van der Waals surface area contributed by atoms with Gasteiger partial charge in [-0.15, -0.1) is 0 Å². The second-order valence-corrected chi connectivity index (χ2v) is 4.15. The van der Waals surface area contributed by atoms with Crippen LogP contribution in [-0.4, -0.2) is 27.7 Å². The first-order valence-corrected chi connectivity index (χ1v) is 6.22. The second-order valence-electron chi connectivity index (χ2n) is 4.15. The zero-order chi connectivity index (χ0) is 15.4. The minimum Gasteiger partial charge on any atom is -0.494 e. The van der Waals surface area contributed by atoms with Crippen LogP contribution in [0.15, 0.2) is 30.5 Å². The van der Waals surface area contributed by atoms with Crippen LogP contribution in [0.5, 0.6) is 5.75 Å². The molecule has 1 aromatic carbocycles. The number of aromatic nitrogens is 2. The predicted molar refractivity (Wildman–Crippen MR) is 75.5 cm³/mol. The Morgan fingerprint density at radius 1 is 1.48 bits per heavy atom. The summed E-state index contributed by atoms with van der Waals surface area (Å²) < 4.78 is 6.68. The van der Waals surface area contributed by atoms with Crippen LogP contribution in [0.4, 0.5) is 11.4 Å². The van der Waals surface area contributed by atoms with Crippen LogP contribution in [0.25, 0.3) is 0 Å². The highest BCUT2D eigenvalue weighted by molar-refractivity contribution is 6.03. The number of non-ortho nitro benzene ring substituents is 1. The first-order valence-electron chi connectivity index (χ1n) is 6.22. The molecule has 2 rings (SSSR count). The molecule has 0 fully saturated rings. The van der Waals surface area contributed by atoms with E-state index in [-0.39, 0.29) is 17.1 Å². The van der Waals surface area contributed by atoms with Gasteiger partial charge in [-0.3, -0.25) is 19.6 Å². The van der Waals surface area contributed by atoms with E-state index in [9.17, 15) is 14.9 Å². The van der Waals surface area contributed by atoms with Crippen LogP contribution in [0, 0.1) is 10.1 Å². The van der Waals surface area contributed by atoms with E-state index in [2.05, 4.69) is 10.4 Å². The Kier molecular flexibility index (Phi) is 4.17. The fraction of sp³-hybridized carbons (Fsp3) is 0.231. The van der Waals surface area contributed by atoms with Crippen molar-refractivity contribution in [2.75, 3.05) is 12.4 Å². The molecule has 8 nitrogen and oxygen atoms in total. The van der Waals surface area contributed by atoms with Crippen molar-refractivity contribution in [3.05, 3.63) is 46.3 Å². The highest BCUT2D eigenvalue weighted by atomic mass is 16.6. The summed E-state index contributed by atoms with van der Waals surface area (Å²) >= 11 is 0. The van der Waals surface area contributed by atoms with E-state index in [1.165, 1.54) is 25.3 Å². The molecule has 1 heterocycles. The number of nitro benzene ring substituents is 1. The Morgan fingerprint density at radius 3 is 2.81 bits per heavy atom. The van der Waals surface area contributed by atoms with Crippen LogP contribution in [-0.2, 0) is 6.54 Å². The molecule has 21 heavy (non-hydrogen) atoms. The van der Waals surface area contributed by atoms with Gasteiger partial charge in [0.05, 0.1) is 23.8 Å². The monoisotopic (exact) mass is 290 g/mol. The Balaban J connectivity index is 2.22. The number of nitrogens with zero attached hydrogens (tertiary/aromatic N) is 3. The fourth-order valence-corrected chi connectivity index (χ4v) is 1.74. The van der Waals surface area contributed by atoms with Crippen LogP contribution in [0.1, 0.15) is 17.4 Å². The lowest BCUT2D eigenvalue weighted by Crippen LogP contribution is -2.14.